The second-order valence-electron chi connectivity index (χ2n) is 8.42. The zero-order valence-electron chi connectivity index (χ0n) is 18.1. The molecule has 3 aliphatic heterocycles. The Labute approximate surface area is 173 Å². The molecule has 0 aromatic carbocycles. The van der Waals surface area contributed by atoms with Gasteiger partial charge in [0.05, 0.1) is 32.4 Å². The molecule has 0 bridgehead atoms. The lowest BCUT2D eigenvalue weighted by Gasteiger charge is -2.40. The van der Waals surface area contributed by atoms with Gasteiger partial charge in [-0.1, -0.05) is 0 Å². The van der Waals surface area contributed by atoms with E-state index in [0.717, 1.165) is 26.2 Å². The number of likely N-dealkylation sites (N-methyl/N-ethyl adjacent to an activating group) is 1. The molecule has 0 N–H and O–H groups in total. The molecule has 3 aliphatic rings. The third kappa shape index (κ3) is 5.59. The van der Waals surface area contributed by atoms with E-state index in [2.05, 4.69) is 9.80 Å². The van der Waals surface area contributed by atoms with E-state index in [-0.39, 0.29) is 18.0 Å². The first-order valence-electron chi connectivity index (χ1n) is 10.7. The molecule has 3 rings (SSSR count). The summed E-state index contributed by atoms with van der Waals surface area (Å²) in [7, 11) is 3.71. The van der Waals surface area contributed by atoms with Crippen molar-refractivity contribution in [2.75, 3.05) is 86.3 Å². The van der Waals surface area contributed by atoms with Crippen molar-refractivity contribution in [1.82, 2.24) is 19.6 Å². The van der Waals surface area contributed by atoms with Gasteiger partial charge in [-0.15, -0.1) is 0 Å². The second kappa shape index (κ2) is 10.1. The third-order valence-electron chi connectivity index (χ3n) is 6.41. The molecule has 0 aromatic rings. The van der Waals surface area contributed by atoms with Crippen LogP contribution in [0.15, 0.2) is 0 Å². The van der Waals surface area contributed by atoms with Crippen LogP contribution in [-0.2, 0) is 19.0 Å². The lowest BCUT2D eigenvalue weighted by molar-refractivity contribution is -0.141. The van der Waals surface area contributed by atoms with Crippen LogP contribution in [0.25, 0.3) is 0 Å². The van der Waals surface area contributed by atoms with Crippen LogP contribution < -0.4 is 0 Å². The molecule has 166 valence electrons. The monoisotopic (exact) mass is 412 g/mol. The van der Waals surface area contributed by atoms with Crippen molar-refractivity contribution in [2.45, 2.75) is 31.4 Å². The quantitative estimate of drug-likeness (QED) is 0.560. The Bertz CT molecular complexity index is 561. The highest BCUT2D eigenvalue weighted by Crippen LogP contribution is 2.33. The number of methoxy groups -OCH3 is 1. The molecule has 9 heteroatoms. The maximum atomic E-state index is 12.9. The van der Waals surface area contributed by atoms with E-state index in [0.29, 0.717) is 58.8 Å². The van der Waals surface area contributed by atoms with Crippen LogP contribution in [-0.4, -0.2) is 130 Å². The predicted molar refractivity (Wildman–Crippen MR) is 108 cm³/mol. The normalized spacial score (nSPS) is 23.7. The number of rotatable bonds is 8. The maximum absolute atomic E-state index is 12.9. The second-order valence-corrected chi connectivity index (χ2v) is 8.42. The van der Waals surface area contributed by atoms with Gasteiger partial charge in [0.25, 0.3) is 0 Å². The maximum Gasteiger partial charge on any atom is 0.410 e. The molecular weight excluding hydrogens is 376 g/mol. The topological polar surface area (TPSA) is 74.8 Å². The van der Waals surface area contributed by atoms with Crippen LogP contribution in [0.3, 0.4) is 0 Å². The minimum absolute atomic E-state index is 0.127. The molecule has 2 amide bonds. The van der Waals surface area contributed by atoms with Crippen molar-refractivity contribution < 1.29 is 23.8 Å². The van der Waals surface area contributed by atoms with E-state index in [1.165, 1.54) is 0 Å². The van der Waals surface area contributed by atoms with Crippen molar-refractivity contribution in [1.29, 1.82) is 0 Å². The fraction of sp³-hybridized carbons (Fsp3) is 0.900. The van der Waals surface area contributed by atoms with Crippen molar-refractivity contribution in [3.63, 3.8) is 0 Å². The molecule has 3 fully saturated rings. The summed E-state index contributed by atoms with van der Waals surface area (Å²) in [6.45, 7) is 9.81. The average Bonchev–Trinajstić information content (AvgIpc) is 3.05. The minimum Gasteiger partial charge on any atom is -0.441 e. The summed E-state index contributed by atoms with van der Waals surface area (Å²) in [5.74, 6) is 0.169. The van der Waals surface area contributed by atoms with E-state index in [4.69, 9.17) is 14.2 Å². The zero-order valence-corrected chi connectivity index (χ0v) is 18.1. The lowest BCUT2D eigenvalue weighted by Crippen LogP contribution is -2.55. The third-order valence-corrected chi connectivity index (χ3v) is 6.41. The highest BCUT2D eigenvalue weighted by atomic mass is 16.6. The molecule has 0 aliphatic carbocycles. The highest BCUT2D eigenvalue weighted by Gasteiger charge is 2.47. The number of morpholine rings is 1. The Morgan fingerprint density at radius 2 is 1.90 bits per heavy atom. The molecule has 1 atom stereocenters. The smallest absolute Gasteiger partial charge is 0.410 e. The summed E-state index contributed by atoms with van der Waals surface area (Å²) in [6, 6.07) is -0.127. The van der Waals surface area contributed by atoms with Gasteiger partial charge in [0.2, 0.25) is 5.91 Å². The number of carbonyl (C=O) groups excluding carboxylic acids is 2. The summed E-state index contributed by atoms with van der Waals surface area (Å²) in [6.07, 6.45) is 1.18. The van der Waals surface area contributed by atoms with Crippen molar-refractivity contribution in [3.8, 4) is 0 Å². The van der Waals surface area contributed by atoms with E-state index in [9.17, 15) is 9.59 Å². The van der Waals surface area contributed by atoms with Gasteiger partial charge in [0.1, 0.15) is 5.60 Å². The predicted octanol–water partition coefficient (Wildman–Crippen LogP) is 0.0987. The Kier molecular flexibility index (Phi) is 7.72. The number of amides is 2. The molecule has 29 heavy (non-hydrogen) atoms. The van der Waals surface area contributed by atoms with Crippen LogP contribution in [0.2, 0.25) is 0 Å². The van der Waals surface area contributed by atoms with Crippen LogP contribution in [0.4, 0.5) is 4.79 Å². The molecule has 0 unspecified atom stereocenters. The lowest BCUT2D eigenvalue weighted by atomic mass is 9.91. The molecule has 0 radical (unpaired) electrons. The van der Waals surface area contributed by atoms with Crippen molar-refractivity contribution in [2.24, 2.45) is 0 Å². The molecule has 3 saturated heterocycles. The largest absolute Gasteiger partial charge is 0.441 e. The molecule has 0 aromatic heterocycles. The van der Waals surface area contributed by atoms with E-state index in [1.807, 2.05) is 18.9 Å². The highest BCUT2D eigenvalue weighted by molar-refractivity contribution is 5.81. The Morgan fingerprint density at radius 3 is 2.55 bits per heavy atom. The number of hydrogen-bond donors (Lipinski definition) is 0. The van der Waals surface area contributed by atoms with Gasteiger partial charge in [0, 0.05) is 65.8 Å². The minimum atomic E-state index is -0.443. The summed E-state index contributed by atoms with van der Waals surface area (Å²) >= 11 is 0. The first kappa shape index (κ1) is 22.3. The van der Waals surface area contributed by atoms with Gasteiger partial charge in [-0.25, -0.2) is 4.79 Å². The number of hydrogen-bond acceptors (Lipinski definition) is 7. The number of piperidine rings is 1. The number of nitrogens with zero attached hydrogens (tertiary/aromatic N) is 4. The van der Waals surface area contributed by atoms with Gasteiger partial charge in [-0.3, -0.25) is 9.69 Å². The van der Waals surface area contributed by atoms with Crippen LogP contribution in [0, 0.1) is 0 Å². The van der Waals surface area contributed by atoms with Gasteiger partial charge in [-0.05, 0) is 14.0 Å². The van der Waals surface area contributed by atoms with Gasteiger partial charge in [-0.2, -0.15) is 0 Å². The number of likely N-dealkylation sites (tertiary alicyclic amines) is 1. The SMILES string of the molecule is COCCN(C)CCN1CC2(CCN(C(=O)[C@H](C)N3CCOCC3)CC2)OC1=O. The van der Waals surface area contributed by atoms with E-state index in [1.54, 1.807) is 12.0 Å². The van der Waals surface area contributed by atoms with E-state index >= 15 is 0 Å². The summed E-state index contributed by atoms with van der Waals surface area (Å²) in [5.41, 5.74) is -0.443. The van der Waals surface area contributed by atoms with E-state index < -0.39 is 5.60 Å². The Morgan fingerprint density at radius 1 is 1.21 bits per heavy atom. The zero-order chi connectivity index (χ0) is 20.9. The first-order chi connectivity index (χ1) is 13.9. The fourth-order valence-electron chi connectivity index (χ4n) is 4.30. The molecule has 0 saturated carbocycles. The summed E-state index contributed by atoms with van der Waals surface area (Å²) < 4.78 is 16.3. The summed E-state index contributed by atoms with van der Waals surface area (Å²) in [5, 5.41) is 0. The van der Waals surface area contributed by atoms with Gasteiger partial charge < -0.3 is 28.9 Å². The molecule has 1 spiro atoms. The van der Waals surface area contributed by atoms with Crippen LogP contribution >= 0.6 is 0 Å². The first-order valence-corrected chi connectivity index (χ1v) is 10.7. The molecule has 9 nitrogen and oxygen atoms in total. The van der Waals surface area contributed by atoms with Gasteiger partial charge in [0.15, 0.2) is 0 Å². The average molecular weight is 413 g/mol. The Balaban J connectivity index is 1.45. The van der Waals surface area contributed by atoms with Crippen molar-refractivity contribution >= 4 is 12.0 Å². The molecule has 3 heterocycles. The van der Waals surface area contributed by atoms with Crippen molar-refractivity contribution in [3.05, 3.63) is 0 Å². The Hall–Kier alpha value is -1.42. The number of ether oxygens (including phenoxy) is 3. The van der Waals surface area contributed by atoms with Crippen LogP contribution in [0.1, 0.15) is 19.8 Å². The fourth-order valence-corrected chi connectivity index (χ4v) is 4.30. The standard InChI is InChI=1S/C20H36N4O5/c1-17(22-11-14-28-15-12-22)18(25)23-6-4-20(5-7-23)16-24(19(26)29-20)9-8-21(2)10-13-27-3/h17H,4-16H2,1-3H3/t17-/m0/s1. The van der Waals surface area contributed by atoms with Crippen LogP contribution in [0.5, 0.6) is 0 Å². The van der Waals surface area contributed by atoms with Gasteiger partial charge >= 0.3 is 6.09 Å². The number of carbonyl (C=O) groups is 2. The summed E-state index contributed by atoms with van der Waals surface area (Å²) in [4.78, 5) is 33.3. The molecular formula is C20H36N4O5.